The van der Waals surface area contributed by atoms with Gasteiger partial charge < -0.3 is 14.7 Å². The first-order chi connectivity index (χ1) is 17.2. The van der Waals surface area contributed by atoms with E-state index in [9.17, 15) is 5.11 Å². The van der Waals surface area contributed by atoms with Crippen molar-refractivity contribution in [3.8, 4) is 5.75 Å². The van der Waals surface area contributed by atoms with Gasteiger partial charge in [-0.25, -0.2) is 0 Å². The summed E-state index contributed by atoms with van der Waals surface area (Å²) in [5, 5.41) is 12.6. The van der Waals surface area contributed by atoms with Gasteiger partial charge in [0.05, 0.1) is 11.6 Å². The number of ether oxygens (including phenoxy) is 1. The molecule has 0 amide bonds. The molecule has 1 heterocycles. The molecule has 0 aliphatic heterocycles. The van der Waals surface area contributed by atoms with E-state index in [1.165, 1.54) is 0 Å². The lowest BCUT2D eigenvalue weighted by atomic mass is 9.71. The summed E-state index contributed by atoms with van der Waals surface area (Å²) in [7, 11) is 0. The summed E-state index contributed by atoms with van der Waals surface area (Å²) < 4.78 is 6.01. The molecular formula is C31H34N2O2. The van der Waals surface area contributed by atoms with Crippen LogP contribution in [0.15, 0.2) is 109 Å². The molecule has 1 N–H and O–H groups in total. The Hall–Kier alpha value is -3.47. The Labute approximate surface area is 208 Å². The normalized spacial score (nSPS) is 13.8. The maximum absolute atomic E-state index is 12.6. The second-order valence-corrected chi connectivity index (χ2v) is 8.63. The summed E-state index contributed by atoms with van der Waals surface area (Å²) in [5.74, 6) is 0.396. The van der Waals surface area contributed by atoms with Gasteiger partial charge >= 0.3 is 0 Å². The van der Waals surface area contributed by atoms with E-state index in [2.05, 4.69) is 35.9 Å². The molecule has 0 spiro atoms. The van der Waals surface area contributed by atoms with Crippen LogP contribution < -0.4 is 4.74 Å². The largest absolute Gasteiger partial charge is 0.492 e. The maximum atomic E-state index is 12.6. The van der Waals surface area contributed by atoms with Gasteiger partial charge in [-0.05, 0) is 54.0 Å². The lowest BCUT2D eigenvalue weighted by Crippen LogP contribution is -2.36. The van der Waals surface area contributed by atoms with Crippen LogP contribution in [0.2, 0.25) is 0 Å². The number of hydrogen-bond acceptors (Lipinski definition) is 4. The number of aliphatic hydroxyl groups is 1. The van der Waals surface area contributed by atoms with Crippen molar-refractivity contribution in [1.29, 1.82) is 0 Å². The van der Waals surface area contributed by atoms with E-state index in [4.69, 9.17) is 4.74 Å². The summed E-state index contributed by atoms with van der Waals surface area (Å²) in [5.41, 5.74) is 2.08. The number of rotatable bonds is 11. The van der Waals surface area contributed by atoms with Crippen LogP contribution in [0.5, 0.6) is 5.75 Å². The molecule has 0 aliphatic rings. The summed E-state index contributed by atoms with van der Waals surface area (Å²) >= 11 is 0. The maximum Gasteiger partial charge on any atom is 0.127 e. The average molecular weight is 467 g/mol. The SMILES string of the molecule is CCN(CC)CCOc1ccc([C@](O)(c2ccccc2)[C@@H](c2ccccc2)c2ccccn2)cc1. The molecule has 4 rings (SSSR count). The molecule has 4 aromatic rings. The molecule has 0 aliphatic carbocycles. The first-order valence-corrected chi connectivity index (χ1v) is 12.4. The minimum absolute atomic E-state index is 0.401. The summed E-state index contributed by atoms with van der Waals surface area (Å²) in [6.07, 6.45) is 1.78. The van der Waals surface area contributed by atoms with Crippen LogP contribution in [-0.2, 0) is 5.60 Å². The van der Waals surface area contributed by atoms with E-state index in [1.807, 2.05) is 91.0 Å². The van der Waals surface area contributed by atoms with E-state index in [0.29, 0.717) is 6.61 Å². The number of hydrogen-bond donors (Lipinski definition) is 1. The Kier molecular flexibility index (Phi) is 8.30. The van der Waals surface area contributed by atoms with E-state index in [-0.39, 0.29) is 0 Å². The van der Waals surface area contributed by atoms with Crippen LogP contribution in [0.1, 0.15) is 42.1 Å². The molecular weight excluding hydrogens is 432 g/mol. The van der Waals surface area contributed by atoms with Crippen molar-refractivity contribution in [2.75, 3.05) is 26.2 Å². The minimum atomic E-state index is -1.34. The molecule has 0 saturated carbocycles. The van der Waals surface area contributed by atoms with Crippen molar-refractivity contribution < 1.29 is 9.84 Å². The highest BCUT2D eigenvalue weighted by Gasteiger charge is 2.42. The molecule has 2 atom stereocenters. The van der Waals surface area contributed by atoms with E-state index >= 15 is 0 Å². The number of aromatic nitrogens is 1. The fourth-order valence-corrected chi connectivity index (χ4v) is 4.65. The topological polar surface area (TPSA) is 45.6 Å². The van der Waals surface area contributed by atoms with Gasteiger partial charge in [0.15, 0.2) is 0 Å². The van der Waals surface area contributed by atoms with Crippen LogP contribution in [0.25, 0.3) is 0 Å². The van der Waals surface area contributed by atoms with Crippen molar-refractivity contribution in [2.24, 2.45) is 0 Å². The standard InChI is InChI=1S/C31H34N2O2/c1-3-33(4-2)23-24-35-28-20-18-27(19-21-28)31(34,26-15-9-6-10-16-26)30(25-13-7-5-8-14-25)29-17-11-12-22-32-29/h5-22,30,34H,3-4,23-24H2,1-2H3/t30-,31+/m0/s1. The Morgan fingerprint density at radius 1 is 0.771 bits per heavy atom. The molecule has 4 nitrogen and oxygen atoms in total. The van der Waals surface area contributed by atoms with E-state index in [0.717, 1.165) is 47.8 Å². The summed E-state index contributed by atoms with van der Waals surface area (Å²) in [4.78, 5) is 7.01. The van der Waals surface area contributed by atoms with Crippen LogP contribution in [-0.4, -0.2) is 41.2 Å². The zero-order valence-corrected chi connectivity index (χ0v) is 20.5. The fourth-order valence-electron chi connectivity index (χ4n) is 4.65. The van der Waals surface area contributed by atoms with Crippen molar-refractivity contribution in [2.45, 2.75) is 25.4 Å². The number of nitrogens with zero attached hydrogens (tertiary/aromatic N) is 2. The molecule has 180 valence electrons. The summed E-state index contributed by atoms with van der Waals surface area (Å²) in [6, 6.07) is 33.7. The van der Waals surface area contributed by atoms with Gasteiger partial charge in [0.25, 0.3) is 0 Å². The van der Waals surface area contributed by atoms with Crippen molar-refractivity contribution in [3.05, 3.63) is 132 Å². The first kappa shape index (κ1) is 24.6. The summed E-state index contributed by atoms with van der Waals surface area (Å²) in [6.45, 7) is 7.86. The van der Waals surface area contributed by atoms with Crippen LogP contribution in [0.4, 0.5) is 0 Å². The number of pyridine rings is 1. The lowest BCUT2D eigenvalue weighted by Gasteiger charge is -2.37. The van der Waals surface area contributed by atoms with Gasteiger partial charge in [-0.1, -0.05) is 92.7 Å². The highest BCUT2D eigenvalue weighted by atomic mass is 16.5. The third kappa shape index (κ3) is 5.61. The molecule has 4 heteroatoms. The average Bonchev–Trinajstić information content (AvgIpc) is 2.93. The molecule has 0 fully saturated rings. The van der Waals surface area contributed by atoms with E-state index < -0.39 is 11.5 Å². The van der Waals surface area contributed by atoms with Gasteiger partial charge in [-0.3, -0.25) is 4.98 Å². The monoisotopic (exact) mass is 466 g/mol. The molecule has 0 unspecified atom stereocenters. The smallest absolute Gasteiger partial charge is 0.127 e. The quantitative estimate of drug-likeness (QED) is 0.300. The highest BCUT2D eigenvalue weighted by molar-refractivity contribution is 5.47. The van der Waals surface area contributed by atoms with Gasteiger partial charge in [0, 0.05) is 12.7 Å². The Morgan fingerprint density at radius 2 is 1.37 bits per heavy atom. The first-order valence-electron chi connectivity index (χ1n) is 12.4. The van der Waals surface area contributed by atoms with Crippen LogP contribution >= 0.6 is 0 Å². The predicted molar refractivity (Wildman–Crippen MR) is 142 cm³/mol. The predicted octanol–water partition coefficient (Wildman–Crippen LogP) is 5.87. The molecule has 35 heavy (non-hydrogen) atoms. The van der Waals surface area contributed by atoms with Gasteiger partial charge in [-0.2, -0.15) is 0 Å². The molecule has 0 bridgehead atoms. The van der Waals surface area contributed by atoms with Crippen molar-refractivity contribution in [1.82, 2.24) is 9.88 Å². The Morgan fingerprint density at radius 3 is 1.97 bits per heavy atom. The highest BCUT2D eigenvalue weighted by Crippen LogP contribution is 2.46. The van der Waals surface area contributed by atoms with Crippen LogP contribution in [0.3, 0.4) is 0 Å². The lowest BCUT2D eigenvalue weighted by molar-refractivity contribution is 0.0611. The minimum Gasteiger partial charge on any atom is -0.492 e. The number of benzene rings is 3. The third-order valence-electron chi connectivity index (χ3n) is 6.61. The number of likely N-dealkylation sites (N-methyl/N-ethyl adjacent to an activating group) is 1. The van der Waals surface area contributed by atoms with Gasteiger partial charge in [0.2, 0.25) is 0 Å². The van der Waals surface area contributed by atoms with E-state index in [1.54, 1.807) is 6.20 Å². The molecule has 3 aromatic carbocycles. The third-order valence-corrected chi connectivity index (χ3v) is 6.61. The Bertz CT molecular complexity index is 1110. The zero-order valence-electron chi connectivity index (χ0n) is 20.5. The van der Waals surface area contributed by atoms with Crippen LogP contribution in [0, 0.1) is 0 Å². The molecule has 0 saturated heterocycles. The van der Waals surface area contributed by atoms with Crippen molar-refractivity contribution >= 4 is 0 Å². The fraction of sp³-hybridized carbons (Fsp3) is 0.258. The van der Waals surface area contributed by atoms with Gasteiger partial charge in [0.1, 0.15) is 18.0 Å². The molecule has 0 radical (unpaired) electrons. The molecule has 1 aromatic heterocycles. The second-order valence-electron chi connectivity index (χ2n) is 8.63. The van der Waals surface area contributed by atoms with Crippen molar-refractivity contribution in [3.63, 3.8) is 0 Å². The van der Waals surface area contributed by atoms with Gasteiger partial charge in [-0.15, -0.1) is 0 Å². The Balaban J connectivity index is 1.74. The second kappa shape index (κ2) is 11.8. The zero-order chi connectivity index (χ0) is 24.5.